The van der Waals surface area contributed by atoms with Crippen LogP contribution >= 0.6 is 23.2 Å². The third kappa shape index (κ3) is 4.10. The van der Waals surface area contributed by atoms with Gasteiger partial charge in [-0.3, -0.25) is 4.79 Å². The summed E-state index contributed by atoms with van der Waals surface area (Å²) >= 11 is 11.4. The van der Waals surface area contributed by atoms with Crippen molar-refractivity contribution in [1.29, 1.82) is 0 Å². The molecule has 0 radical (unpaired) electrons. The lowest BCUT2D eigenvalue weighted by molar-refractivity contribution is 0.0953. The maximum Gasteiger partial charge on any atom is 0.251 e. The Morgan fingerprint density at radius 1 is 1.40 bits per heavy atom. The molecule has 1 rings (SSSR count). The minimum Gasteiger partial charge on any atom is -0.352 e. The molecule has 0 saturated carbocycles. The molecule has 0 bridgehead atoms. The molecule has 1 amide bonds. The van der Waals surface area contributed by atoms with E-state index in [1.807, 2.05) is 19.1 Å². The Labute approximate surface area is 99.6 Å². The van der Waals surface area contributed by atoms with Gasteiger partial charge in [0.1, 0.15) is 0 Å². The van der Waals surface area contributed by atoms with Crippen molar-refractivity contribution in [3.8, 4) is 0 Å². The van der Waals surface area contributed by atoms with E-state index in [4.69, 9.17) is 23.2 Å². The summed E-state index contributed by atoms with van der Waals surface area (Å²) in [5.41, 5.74) is 1.57. The highest BCUT2D eigenvalue weighted by Gasteiger charge is 2.05. The normalized spacial score (nSPS) is 10.1. The molecule has 0 atom stereocenters. The fraction of sp³-hybridized carbons (Fsp3) is 0.364. The van der Waals surface area contributed by atoms with Gasteiger partial charge in [-0.25, -0.2) is 0 Å². The first-order valence-electron chi connectivity index (χ1n) is 4.75. The van der Waals surface area contributed by atoms with Crippen molar-refractivity contribution < 1.29 is 4.79 Å². The second-order valence-electron chi connectivity index (χ2n) is 3.32. The summed E-state index contributed by atoms with van der Waals surface area (Å²) in [6.07, 6.45) is 0.771. The fourth-order valence-electron chi connectivity index (χ4n) is 1.24. The first-order chi connectivity index (χ1) is 7.13. The van der Waals surface area contributed by atoms with E-state index in [9.17, 15) is 4.79 Å². The topological polar surface area (TPSA) is 29.1 Å². The summed E-state index contributed by atoms with van der Waals surface area (Å²) in [6, 6.07) is 5.28. The summed E-state index contributed by atoms with van der Waals surface area (Å²) in [6.45, 7) is 2.50. The summed E-state index contributed by atoms with van der Waals surface area (Å²) < 4.78 is 0. The Bertz CT molecular complexity index is 332. The van der Waals surface area contributed by atoms with Gasteiger partial charge in [0, 0.05) is 23.0 Å². The van der Waals surface area contributed by atoms with Gasteiger partial charge >= 0.3 is 0 Å². The standard InChI is InChI=1S/C11H13Cl2NO/c1-8-5-9(7-10(13)6-8)11(15)14-4-2-3-12/h5-7H,2-4H2,1H3,(H,14,15). The van der Waals surface area contributed by atoms with Crippen molar-refractivity contribution in [2.45, 2.75) is 13.3 Å². The van der Waals surface area contributed by atoms with Crippen molar-refractivity contribution in [1.82, 2.24) is 5.32 Å². The number of halogens is 2. The Kier molecular flexibility index (Phi) is 4.92. The fourth-order valence-corrected chi connectivity index (χ4v) is 1.66. The van der Waals surface area contributed by atoms with Crippen LogP contribution in [0.1, 0.15) is 22.3 Å². The van der Waals surface area contributed by atoms with E-state index in [1.54, 1.807) is 6.07 Å². The SMILES string of the molecule is Cc1cc(Cl)cc(C(=O)NCCCCl)c1. The zero-order valence-electron chi connectivity index (χ0n) is 8.52. The van der Waals surface area contributed by atoms with Crippen LogP contribution in [-0.4, -0.2) is 18.3 Å². The van der Waals surface area contributed by atoms with Gasteiger partial charge in [-0.1, -0.05) is 11.6 Å². The molecule has 0 aliphatic heterocycles. The van der Waals surface area contributed by atoms with Gasteiger partial charge < -0.3 is 5.32 Å². The molecule has 15 heavy (non-hydrogen) atoms. The largest absolute Gasteiger partial charge is 0.352 e. The lowest BCUT2D eigenvalue weighted by atomic mass is 10.1. The van der Waals surface area contributed by atoms with Crippen LogP contribution in [-0.2, 0) is 0 Å². The third-order valence-electron chi connectivity index (χ3n) is 1.90. The van der Waals surface area contributed by atoms with Crippen LogP contribution < -0.4 is 5.32 Å². The highest BCUT2D eigenvalue weighted by atomic mass is 35.5. The van der Waals surface area contributed by atoms with Crippen molar-refractivity contribution in [3.63, 3.8) is 0 Å². The number of amides is 1. The van der Waals surface area contributed by atoms with Gasteiger partial charge in [0.15, 0.2) is 0 Å². The van der Waals surface area contributed by atoms with Crippen molar-refractivity contribution in [2.75, 3.05) is 12.4 Å². The molecular weight excluding hydrogens is 233 g/mol. The summed E-state index contributed by atoms with van der Waals surface area (Å²) in [5.74, 6) is 0.445. The maximum atomic E-state index is 11.6. The lowest BCUT2D eigenvalue weighted by Crippen LogP contribution is -2.24. The van der Waals surface area contributed by atoms with Gasteiger partial charge in [0.05, 0.1) is 0 Å². The van der Waals surface area contributed by atoms with E-state index in [0.29, 0.717) is 23.0 Å². The number of rotatable bonds is 4. The first-order valence-corrected chi connectivity index (χ1v) is 5.66. The number of nitrogens with one attached hydrogen (secondary N) is 1. The van der Waals surface area contributed by atoms with Gasteiger partial charge in [0.2, 0.25) is 0 Å². The number of aryl methyl sites for hydroxylation is 1. The third-order valence-corrected chi connectivity index (χ3v) is 2.39. The van der Waals surface area contributed by atoms with Crippen LogP contribution in [0.4, 0.5) is 0 Å². The second-order valence-corrected chi connectivity index (χ2v) is 4.13. The highest BCUT2D eigenvalue weighted by molar-refractivity contribution is 6.31. The molecule has 1 aromatic rings. The van der Waals surface area contributed by atoms with Crippen LogP contribution in [0.15, 0.2) is 18.2 Å². The summed E-state index contributed by atoms with van der Waals surface area (Å²) in [4.78, 5) is 11.6. The smallest absolute Gasteiger partial charge is 0.251 e. The number of carbonyl (C=O) groups excluding carboxylic acids is 1. The van der Waals surface area contributed by atoms with Crippen LogP contribution in [0.2, 0.25) is 5.02 Å². The molecule has 1 aromatic carbocycles. The maximum absolute atomic E-state index is 11.6. The molecule has 0 fully saturated rings. The molecule has 0 heterocycles. The average Bonchev–Trinajstić information content (AvgIpc) is 2.16. The van der Waals surface area contributed by atoms with Crippen molar-refractivity contribution in [3.05, 3.63) is 34.3 Å². The molecule has 0 spiro atoms. The monoisotopic (exact) mass is 245 g/mol. The quantitative estimate of drug-likeness (QED) is 0.642. The van der Waals surface area contributed by atoms with Crippen molar-refractivity contribution in [2.24, 2.45) is 0 Å². The molecule has 1 N–H and O–H groups in total. The van der Waals surface area contributed by atoms with E-state index >= 15 is 0 Å². The van der Waals surface area contributed by atoms with E-state index in [0.717, 1.165) is 12.0 Å². The Balaban J connectivity index is 2.65. The average molecular weight is 246 g/mol. The molecule has 0 unspecified atom stereocenters. The van der Waals surface area contributed by atoms with Gasteiger partial charge in [0.25, 0.3) is 5.91 Å². The predicted octanol–water partition coefficient (Wildman–Crippen LogP) is 3.01. The van der Waals surface area contributed by atoms with Gasteiger partial charge in [-0.05, 0) is 37.1 Å². The molecule has 82 valence electrons. The number of alkyl halides is 1. The molecule has 0 aliphatic rings. The molecule has 0 saturated heterocycles. The summed E-state index contributed by atoms with van der Waals surface area (Å²) in [5, 5.41) is 3.35. The number of hydrogen-bond donors (Lipinski definition) is 1. The van der Waals surface area contributed by atoms with Crippen LogP contribution in [0, 0.1) is 6.92 Å². The van der Waals surface area contributed by atoms with Gasteiger partial charge in [-0.2, -0.15) is 0 Å². The number of benzene rings is 1. The molecular formula is C11H13Cl2NO. The molecule has 2 nitrogen and oxygen atoms in total. The molecule has 0 aliphatic carbocycles. The zero-order valence-corrected chi connectivity index (χ0v) is 10.0. The van der Waals surface area contributed by atoms with E-state index in [1.165, 1.54) is 0 Å². The Hall–Kier alpha value is -0.730. The van der Waals surface area contributed by atoms with Gasteiger partial charge in [-0.15, -0.1) is 11.6 Å². The first kappa shape index (κ1) is 12.3. The molecule has 4 heteroatoms. The Morgan fingerprint density at radius 2 is 2.13 bits per heavy atom. The van der Waals surface area contributed by atoms with Crippen LogP contribution in [0.3, 0.4) is 0 Å². The molecule has 0 aromatic heterocycles. The number of hydrogen-bond acceptors (Lipinski definition) is 1. The Morgan fingerprint density at radius 3 is 2.73 bits per heavy atom. The van der Waals surface area contributed by atoms with E-state index in [-0.39, 0.29) is 5.91 Å². The minimum absolute atomic E-state index is 0.106. The minimum atomic E-state index is -0.106. The van der Waals surface area contributed by atoms with Crippen LogP contribution in [0.25, 0.3) is 0 Å². The van der Waals surface area contributed by atoms with E-state index < -0.39 is 0 Å². The van der Waals surface area contributed by atoms with Crippen molar-refractivity contribution >= 4 is 29.1 Å². The summed E-state index contributed by atoms with van der Waals surface area (Å²) in [7, 11) is 0. The van der Waals surface area contributed by atoms with E-state index in [2.05, 4.69) is 5.32 Å². The van der Waals surface area contributed by atoms with Crippen LogP contribution in [0.5, 0.6) is 0 Å². The lowest BCUT2D eigenvalue weighted by Gasteiger charge is -2.05. The predicted molar refractivity (Wildman–Crippen MR) is 63.9 cm³/mol. The zero-order chi connectivity index (χ0) is 11.3. The second kappa shape index (κ2) is 5.99. The number of carbonyl (C=O) groups is 1. The highest BCUT2D eigenvalue weighted by Crippen LogP contribution is 2.14.